The topological polar surface area (TPSA) is 50.7 Å². The monoisotopic (exact) mass is 170 g/mol. The highest BCUT2D eigenvalue weighted by atomic mass is 16.5. The largest absolute Gasteiger partial charge is 0.449 e. The summed E-state index contributed by atoms with van der Waals surface area (Å²) in [5.41, 5.74) is 2.28. The van der Waals surface area contributed by atoms with Crippen molar-refractivity contribution in [2.24, 2.45) is 11.0 Å². The van der Waals surface area contributed by atoms with Crippen molar-refractivity contribution in [1.29, 1.82) is 0 Å². The lowest BCUT2D eigenvalue weighted by molar-refractivity contribution is 0.152. The van der Waals surface area contributed by atoms with Crippen LogP contribution in [0.25, 0.3) is 0 Å². The van der Waals surface area contributed by atoms with Crippen LogP contribution in [0.1, 0.15) is 26.2 Å². The van der Waals surface area contributed by atoms with Crippen LogP contribution in [0, 0.1) is 5.92 Å². The molecular weight excluding hydrogens is 156 g/mol. The highest BCUT2D eigenvalue weighted by Gasteiger charge is 2.19. The molecule has 1 saturated carbocycles. The molecule has 1 fully saturated rings. The molecule has 0 unspecified atom stereocenters. The Balaban J connectivity index is 1.98. The zero-order chi connectivity index (χ0) is 8.81. The van der Waals surface area contributed by atoms with Crippen molar-refractivity contribution >= 4 is 12.3 Å². The Labute approximate surface area is 72.0 Å². The predicted octanol–water partition coefficient (Wildman–Crippen LogP) is 1.52. The molecule has 0 aromatic heterocycles. The molecule has 68 valence electrons. The molecular formula is C8H14N2O2. The number of hydrogen-bond acceptors (Lipinski definition) is 3. The van der Waals surface area contributed by atoms with Crippen LogP contribution in [0.3, 0.4) is 0 Å². The zero-order valence-electron chi connectivity index (χ0n) is 7.25. The van der Waals surface area contributed by atoms with E-state index >= 15 is 0 Å². The summed E-state index contributed by atoms with van der Waals surface area (Å²) in [5, 5.41) is 3.72. The Morgan fingerprint density at radius 1 is 1.75 bits per heavy atom. The Morgan fingerprint density at radius 3 is 3.08 bits per heavy atom. The molecule has 1 rings (SSSR count). The lowest BCUT2D eigenvalue weighted by Gasteiger charge is -1.97. The molecule has 4 nitrogen and oxygen atoms in total. The van der Waals surface area contributed by atoms with Gasteiger partial charge in [-0.3, -0.25) is 0 Å². The Morgan fingerprint density at radius 2 is 2.50 bits per heavy atom. The van der Waals surface area contributed by atoms with E-state index in [4.69, 9.17) is 0 Å². The Hall–Kier alpha value is -1.06. The highest BCUT2D eigenvalue weighted by Crippen LogP contribution is 2.31. The molecule has 0 heterocycles. The van der Waals surface area contributed by atoms with E-state index in [2.05, 4.69) is 15.3 Å². The quantitative estimate of drug-likeness (QED) is 0.513. The number of nitrogens with one attached hydrogen (secondary N) is 1. The smallest absolute Gasteiger partial charge is 0.427 e. The molecule has 0 aromatic rings. The third kappa shape index (κ3) is 3.95. The summed E-state index contributed by atoms with van der Waals surface area (Å²) in [6.45, 7) is 2.14. The van der Waals surface area contributed by atoms with Crippen molar-refractivity contribution in [3.8, 4) is 0 Å². The van der Waals surface area contributed by atoms with Gasteiger partial charge in [-0.2, -0.15) is 5.10 Å². The van der Waals surface area contributed by atoms with Crippen molar-refractivity contribution < 1.29 is 9.53 Å². The average molecular weight is 170 g/mol. The fraction of sp³-hybridized carbons (Fsp3) is 0.750. The molecule has 0 atom stereocenters. The molecule has 0 aromatic carbocycles. The lowest BCUT2D eigenvalue weighted by Crippen LogP contribution is -2.18. The van der Waals surface area contributed by atoms with E-state index in [-0.39, 0.29) is 0 Å². The van der Waals surface area contributed by atoms with Crippen LogP contribution in [0.2, 0.25) is 0 Å². The highest BCUT2D eigenvalue weighted by molar-refractivity contribution is 5.69. The number of ether oxygens (including phenoxy) is 1. The van der Waals surface area contributed by atoms with E-state index in [1.165, 1.54) is 12.8 Å². The van der Waals surface area contributed by atoms with Crippen molar-refractivity contribution in [3.05, 3.63) is 0 Å². The SMILES string of the molecule is CCOC(=O)NN=CCC1CC1. The van der Waals surface area contributed by atoms with Gasteiger partial charge in [0.25, 0.3) is 0 Å². The zero-order valence-corrected chi connectivity index (χ0v) is 7.25. The summed E-state index contributed by atoms with van der Waals surface area (Å²) in [7, 11) is 0. The van der Waals surface area contributed by atoms with Crippen LogP contribution >= 0.6 is 0 Å². The van der Waals surface area contributed by atoms with Gasteiger partial charge in [-0.1, -0.05) is 0 Å². The van der Waals surface area contributed by atoms with Crippen LogP contribution in [-0.4, -0.2) is 18.9 Å². The first kappa shape index (κ1) is 9.03. The van der Waals surface area contributed by atoms with Crippen LogP contribution in [0.15, 0.2) is 5.10 Å². The summed E-state index contributed by atoms with van der Waals surface area (Å²) in [5.74, 6) is 0.803. The molecule has 0 radical (unpaired) electrons. The van der Waals surface area contributed by atoms with E-state index in [9.17, 15) is 4.79 Å². The number of nitrogens with zero attached hydrogens (tertiary/aromatic N) is 1. The van der Waals surface area contributed by atoms with Crippen molar-refractivity contribution in [2.75, 3.05) is 6.61 Å². The number of carbonyl (C=O) groups excluding carboxylic acids is 1. The number of carbonyl (C=O) groups is 1. The molecule has 1 aliphatic rings. The van der Waals surface area contributed by atoms with Crippen molar-refractivity contribution in [3.63, 3.8) is 0 Å². The van der Waals surface area contributed by atoms with Crippen molar-refractivity contribution in [1.82, 2.24) is 5.43 Å². The lowest BCUT2D eigenvalue weighted by atomic mass is 10.3. The molecule has 0 aliphatic heterocycles. The third-order valence-corrected chi connectivity index (χ3v) is 1.66. The van der Waals surface area contributed by atoms with Crippen LogP contribution < -0.4 is 5.43 Å². The van der Waals surface area contributed by atoms with E-state index in [0.29, 0.717) is 6.61 Å². The summed E-state index contributed by atoms with van der Waals surface area (Å²) in [4.78, 5) is 10.7. The Bertz CT molecular complexity index is 176. The number of amides is 1. The van der Waals surface area contributed by atoms with Gasteiger partial charge in [0.2, 0.25) is 0 Å². The maximum atomic E-state index is 10.7. The summed E-state index contributed by atoms with van der Waals surface area (Å²) >= 11 is 0. The molecule has 0 bridgehead atoms. The second kappa shape index (κ2) is 4.74. The summed E-state index contributed by atoms with van der Waals surface area (Å²) in [6.07, 6.45) is 4.81. The minimum absolute atomic E-state index is 0.379. The van der Waals surface area contributed by atoms with Crippen LogP contribution in [-0.2, 0) is 4.74 Å². The van der Waals surface area contributed by atoms with Gasteiger partial charge in [0.05, 0.1) is 6.61 Å². The molecule has 0 saturated heterocycles. The van der Waals surface area contributed by atoms with Gasteiger partial charge >= 0.3 is 6.09 Å². The standard InChI is InChI=1S/C8H14N2O2/c1-2-12-8(11)10-9-6-5-7-3-4-7/h6-7H,2-5H2,1H3,(H,10,11). The predicted molar refractivity (Wildman–Crippen MR) is 46.0 cm³/mol. The summed E-state index contributed by atoms with van der Waals surface area (Å²) < 4.78 is 4.60. The van der Waals surface area contributed by atoms with Crippen LogP contribution in [0.4, 0.5) is 4.79 Å². The molecule has 1 N–H and O–H groups in total. The third-order valence-electron chi connectivity index (χ3n) is 1.66. The van der Waals surface area contributed by atoms with Crippen molar-refractivity contribution in [2.45, 2.75) is 26.2 Å². The van der Waals surface area contributed by atoms with E-state index < -0.39 is 6.09 Å². The van der Waals surface area contributed by atoms with E-state index in [1.54, 1.807) is 13.1 Å². The number of hydrazone groups is 1. The average Bonchev–Trinajstić information content (AvgIpc) is 2.82. The minimum Gasteiger partial charge on any atom is -0.449 e. The van der Waals surface area contributed by atoms with Gasteiger partial charge in [0.1, 0.15) is 0 Å². The Kier molecular flexibility index (Phi) is 3.57. The normalized spacial score (nSPS) is 16.4. The second-order valence-corrected chi connectivity index (χ2v) is 2.82. The number of rotatable bonds is 4. The molecule has 1 amide bonds. The first-order valence-electron chi connectivity index (χ1n) is 4.27. The van der Waals surface area contributed by atoms with Gasteiger partial charge in [-0.15, -0.1) is 0 Å². The fourth-order valence-electron chi connectivity index (χ4n) is 0.817. The van der Waals surface area contributed by atoms with Gasteiger partial charge in [-0.05, 0) is 32.1 Å². The van der Waals surface area contributed by atoms with Gasteiger partial charge < -0.3 is 4.74 Å². The molecule has 1 aliphatic carbocycles. The van der Waals surface area contributed by atoms with E-state index in [0.717, 1.165) is 12.3 Å². The summed E-state index contributed by atoms with van der Waals surface area (Å²) in [6, 6.07) is 0. The first-order valence-corrected chi connectivity index (χ1v) is 4.27. The second-order valence-electron chi connectivity index (χ2n) is 2.82. The molecule has 12 heavy (non-hydrogen) atoms. The minimum atomic E-state index is -0.482. The maximum Gasteiger partial charge on any atom is 0.427 e. The number of hydrogen-bond donors (Lipinski definition) is 1. The molecule has 4 heteroatoms. The maximum absolute atomic E-state index is 10.7. The van der Waals surface area contributed by atoms with Crippen LogP contribution in [0.5, 0.6) is 0 Å². The van der Waals surface area contributed by atoms with E-state index in [1.807, 2.05) is 0 Å². The van der Waals surface area contributed by atoms with Gasteiger partial charge in [-0.25, -0.2) is 10.2 Å². The fourth-order valence-corrected chi connectivity index (χ4v) is 0.817. The molecule has 0 spiro atoms. The van der Waals surface area contributed by atoms with Gasteiger partial charge in [0, 0.05) is 6.21 Å². The van der Waals surface area contributed by atoms with Gasteiger partial charge in [0.15, 0.2) is 0 Å². The first-order chi connectivity index (χ1) is 5.83.